The van der Waals surface area contributed by atoms with Crippen molar-refractivity contribution in [3.63, 3.8) is 0 Å². The summed E-state index contributed by atoms with van der Waals surface area (Å²) in [5.41, 5.74) is 1.07. The number of nitrogens with one attached hydrogen (secondary N) is 1. The molecule has 0 unspecified atom stereocenters. The van der Waals surface area contributed by atoms with E-state index in [-0.39, 0.29) is 6.03 Å². The lowest BCUT2D eigenvalue weighted by molar-refractivity contribution is 0.119. The SMILES string of the molecule is CC(C)N1CCN(C(=O)NCc2ccncc2)CC1. The zero-order valence-electron chi connectivity index (χ0n) is 11.7. The molecule has 1 aliphatic rings. The number of hydrogen-bond acceptors (Lipinski definition) is 3. The van der Waals surface area contributed by atoms with Crippen molar-refractivity contribution in [2.24, 2.45) is 0 Å². The molecule has 2 amide bonds. The minimum Gasteiger partial charge on any atom is -0.334 e. The number of carbonyl (C=O) groups is 1. The van der Waals surface area contributed by atoms with E-state index in [0.717, 1.165) is 31.7 Å². The highest BCUT2D eigenvalue weighted by Gasteiger charge is 2.21. The molecule has 0 radical (unpaired) electrons. The molecule has 0 aliphatic carbocycles. The Kier molecular flexibility index (Phi) is 4.74. The third-order valence-corrected chi connectivity index (χ3v) is 3.52. The van der Waals surface area contributed by atoms with Gasteiger partial charge in [-0.15, -0.1) is 0 Å². The second-order valence-electron chi connectivity index (χ2n) is 5.13. The van der Waals surface area contributed by atoms with Crippen LogP contribution in [-0.2, 0) is 6.54 Å². The first-order chi connectivity index (χ1) is 9.16. The molecule has 104 valence electrons. The molecule has 1 saturated heterocycles. The highest BCUT2D eigenvalue weighted by molar-refractivity contribution is 5.74. The first-order valence-electron chi connectivity index (χ1n) is 6.82. The van der Waals surface area contributed by atoms with E-state index in [1.54, 1.807) is 12.4 Å². The molecule has 0 atom stereocenters. The highest BCUT2D eigenvalue weighted by atomic mass is 16.2. The van der Waals surface area contributed by atoms with Crippen LogP contribution in [0.3, 0.4) is 0 Å². The van der Waals surface area contributed by atoms with E-state index >= 15 is 0 Å². The van der Waals surface area contributed by atoms with Gasteiger partial charge in [-0.1, -0.05) is 0 Å². The number of pyridine rings is 1. The van der Waals surface area contributed by atoms with E-state index in [2.05, 4.69) is 29.0 Å². The normalized spacial score (nSPS) is 16.7. The van der Waals surface area contributed by atoms with Gasteiger partial charge in [-0.05, 0) is 31.5 Å². The molecule has 1 fully saturated rings. The molecule has 0 bridgehead atoms. The summed E-state index contributed by atoms with van der Waals surface area (Å²) >= 11 is 0. The third-order valence-electron chi connectivity index (χ3n) is 3.52. The lowest BCUT2D eigenvalue weighted by Gasteiger charge is -2.36. The van der Waals surface area contributed by atoms with Gasteiger partial charge in [0.25, 0.3) is 0 Å². The maximum absolute atomic E-state index is 12.0. The van der Waals surface area contributed by atoms with Gasteiger partial charge in [0, 0.05) is 51.2 Å². The minimum absolute atomic E-state index is 0.0280. The second-order valence-corrected chi connectivity index (χ2v) is 5.13. The maximum atomic E-state index is 12.0. The zero-order chi connectivity index (χ0) is 13.7. The maximum Gasteiger partial charge on any atom is 0.317 e. The quantitative estimate of drug-likeness (QED) is 0.893. The Labute approximate surface area is 114 Å². The van der Waals surface area contributed by atoms with Gasteiger partial charge in [0.05, 0.1) is 0 Å². The molecular formula is C14H22N4O. The van der Waals surface area contributed by atoms with Gasteiger partial charge >= 0.3 is 6.03 Å². The minimum atomic E-state index is 0.0280. The largest absolute Gasteiger partial charge is 0.334 e. The fraction of sp³-hybridized carbons (Fsp3) is 0.571. The average Bonchev–Trinajstić information content (AvgIpc) is 2.46. The summed E-state index contributed by atoms with van der Waals surface area (Å²) in [5, 5.41) is 2.95. The third kappa shape index (κ3) is 3.92. The molecule has 0 spiro atoms. The molecule has 5 heteroatoms. The van der Waals surface area contributed by atoms with Crippen molar-refractivity contribution in [1.29, 1.82) is 0 Å². The van der Waals surface area contributed by atoms with Crippen LogP contribution < -0.4 is 5.32 Å². The smallest absolute Gasteiger partial charge is 0.317 e. The van der Waals surface area contributed by atoms with Crippen LogP contribution in [0.25, 0.3) is 0 Å². The van der Waals surface area contributed by atoms with E-state index in [9.17, 15) is 4.79 Å². The monoisotopic (exact) mass is 262 g/mol. The Hall–Kier alpha value is -1.62. The molecule has 1 N–H and O–H groups in total. The van der Waals surface area contributed by atoms with Gasteiger partial charge in [0.2, 0.25) is 0 Å². The lowest BCUT2D eigenvalue weighted by atomic mass is 10.2. The van der Waals surface area contributed by atoms with Crippen molar-refractivity contribution in [2.75, 3.05) is 26.2 Å². The van der Waals surface area contributed by atoms with E-state index in [1.807, 2.05) is 17.0 Å². The van der Waals surface area contributed by atoms with Crippen molar-refractivity contribution in [3.05, 3.63) is 30.1 Å². The molecule has 1 aromatic rings. The van der Waals surface area contributed by atoms with Crippen molar-refractivity contribution >= 4 is 6.03 Å². The first-order valence-corrected chi connectivity index (χ1v) is 6.82. The second kappa shape index (κ2) is 6.52. The van der Waals surface area contributed by atoms with Crippen LogP contribution in [-0.4, -0.2) is 53.0 Å². The fourth-order valence-corrected chi connectivity index (χ4v) is 2.23. The van der Waals surface area contributed by atoms with Gasteiger partial charge in [0.1, 0.15) is 0 Å². The van der Waals surface area contributed by atoms with Gasteiger partial charge in [-0.2, -0.15) is 0 Å². The number of hydrogen-bond donors (Lipinski definition) is 1. The molecule has 1 aromatic heterocycles. The van der Waals surface area contributed by atoms with E-state index < -0.39 is 0 Å². The lowest BCUT2D eigenvalue weighted by Crippen LogP contribution is -2.53. The van der Waals surface area contributed by atoms with Gasteiger partial charge in [-0.3, -0.25) is 9.88 Å². The number of piperazine rings is 1. The number of carbonyl (C=O) groups excluding carboxylic acids is 1. The molecule has 0 aromatic carbocycles. The summed E-state index contributed by atoms with van der Waals surface area (Å²) in [6, 6.07) is 4.41. The summed E-state index contributed by atoms with van der Waals surface area (Å²) in [7, 11) is 0. The Morgan fingerprint density at radius 2 is 1.89 bits per heavy atom. The Bertz CT molecular complexity index is 399. The summed E-state index contributed by atoms with van der Waals surface area (Å²) in [6.45, 7) is 8.48. The highest BCUT2D eigenvalue weighted by Crippen LogP contribution is 2.06. The predicted molar refractivity (Wildman–Crippen MR) is 74.8 cm³/mol. The fourth-order valence-electron chi connectivity index (χ4n) is 2.23. The number of aromatic nitrogens is 1. The number of amides is 2. The molecule has 5 nitrogen and oxygen atoms in total. The van der Waals surface area contributed by atoms with Crippen molar-refractivity contribution in [2.45, 2.75) is 26.4 Å². The van der Waals surface area contributed by atoms with Crippen LogP contribution in [0.1, 0.15) is 19.4 Å². The van der Waals surface area contributed by atoms with Crippen molar-refractivity contribution in [3.8, 4) is 0 Å². The van der Waals surface area contributed by atoms with Crippen LogP contribution in [0.5, 0.6) is 0 Å². The average molecular weight is 262 g/mol. The van der Waals surface area contributed by atoms with Gasteiger partial charge < -0.3 is 10.2 Å². The molecule has 1 aliphatic heterocycles. The van der Waals surface area contributed by atoms with Crippen LogP contribution >= 0.6 is 0 Å². The van der Waals surface area contributed by atoms with Gasteiger partial charge in [-0.25, -0.2) is 4.79 Å². The predicted octanol–water partition coefficient (Wildman–Crippen LogP) is 1.32. The number of rotatable bonds is 3. The molecule has 0 saturated carbocycles. The van der Waals surface area contributed by atoms with Gasteiger partial charge in [0.15, 0.2) is 0 Å². The van der Waals surface area contributed by atoms with Crippen LogP contribution in [0, 0.1) is 0 Å². The molecule has 2 heterocycles. The molecule has 19 heavy (non-hydrogen) atoms. The number of nitrogens with zero attached hydrogens (tertiary/aromatic N) is 3. The van der Waals surface area contributed by atoms with Crippen molar-refractivity contribution in [1.82, 2.24) is 20.1 Å². The van der Waals surface area contributed by atoms with E-state index in [1.165, 1.54) is 0 Å². The van der Waals surface area contributed by atoms with Crippen molar-refractivity contribution < 1.29 is 4.79 Å². The summed E-state index contributed by atoms with van der Waals surface area (Å²) in [5.74, 6) is 0. The van der Waals surface area contributed by atoms with E-state index in [0.29, 0.717) is 12.6 Å². The van der Waals surface area contributed by atoms with Crippen LogP contribution in [0.4, 0.5) is 4.79 Å². The van der Waals surface area contributed by atoms with Crippen LogP contribution in [0.2, 0.25) is 0 Å². The summed E-state index contributed by atoms with van der Waals surface area (Å²) in [6.07, 6.45) is 3.48. The van der Waals surface area contributed by atoms with Crippen LogP contribution in [0.15, 0.2) is 24.5 Å². The summed E-state index contributed by atoms with van der Waals surface area (Å²) in [4.78, 5) is 20.3. The Morgan fingerprint density at radius 1 is 1.26 bits per heavy atom. The standard InChI is InChI=1S/C14H22N4O/c1-12(2)17-7-9-18(10-8-17)14(19)16-11-13-3-5-15-6-4-13/h3-6,12H,7-11H2,1-2H3,(H,16,19). The zero-order valence-corrected chi connectivity index (χ0v) is 11.7. The Morgan fingerprint density at radius 3 is 2.47 bits per heavy atom. The summed E-state index contributed by atoms with van der Waals surface area (Å²) < 4.78 is 0. The molecule has 2 rings (SSSR count). The molecular weight excluding hydrogens is 240 g/mol. The Balaban J connectivity index is 1.76. The first kappa shape index (κ1) is 13.8. The number of urea groups is 1. The topological polar surface area (TPSA) is 48.5 Å². The van der Waals surface area contributed by atoms with E-state index in [4.69, 9.17) is 0 Å².